The van der Waals surface area contributed by atoms with Crippen LogP contribution >= 0.6 is 0 Å². The molecule has 4 heterocycles. The highest BCUT2D eigenvalue weighted by Gasteiger charge is 2.50. The molecule has 0 aromatic carbocycles. The molecule has 140 valence electrons. The Morgan fingerprint density at radius 1 is 1.12 bits per heavy atom. The van der Waals surface area contributed by atoms with Gasteiger partial charge >= 0.3 is 11.7 Å². The van der Waals surface area contributed by atoms with Gasteiger partial charge in [0.1, 0.15) is 5.52 Å². The molecule has 1 saturated carbocycles. The lowest BCUT2D eigenvalue weighted by atomic mass is 9.75. The van der Waals surface area contributed by atoms with Crippen LogP contribution in [0.3, 0.4) is 0 Å². The van der Waals surface area contributed by atoms with Crippen LogP contribution in [0.1, 0.15) is 58.2 Å². The monoisotopic (exact) mass is 360 g/mol. The highest BCUT2D eigenvalue weighted by atomic mass is 16.6. The number of aromatic amines is 1. The Bertz CT molecular complexity index is 975. The third kappa shape index (κ3) is 2.34. The highest BCUT2D eigenvalue weighted by Crippen LogP contribution is 2.47. The summed E-state index contributed by atoms with van der Waals surface area (Å²) < 4.78 is 8.53. The molecule has 3 aliphatic rings. The zero-order valence-electron chi connectivity index (χ0n) is 15.2. The summed E-state index contributed by atoms with van der Waals surface area (Å²) in [6.45, 7) is 4.76. The van der Waals surface area contributed by atoms with E-state index in [0.29, 0.717) is 49.3 Å². The second-order valence-corrected chi connectivity index (χ2v) is 7.36. The van der Waals surface area contributed by atoms with Gasteiger partial charge < -0.3 is 9.72 Å². The zero-order chi connectivity index (χ0) is 18.5. The van der Waals surface area contributed by atoms with E-state index >= 15 is 0 Å². The van der Waals surface area contributed by atoms with Crippen molar-refractivity contribution in [2.75, 3.05) is 0 Å². The third-order valence-corrected chi connectivity index (χ3v) is 5.61. The predicted molar refractivity (Wildman–Crippen MR) is 94.9 cm³/mol. The van der Waals surface area contributed by atoms with Crippen LogP contribution in [0.2, 0.25) is 0 Å². The molecule has 2 saturated heterocycles. The zero-order valence-corrected chi connectivity index (χ0v) is 15.2. The van der Waals surface area contributed by atoms with Crippen molar-refractivity contribution < 1.29 is 9.53 Å². The predicted octanol–water partition coefficient (Wildman–Crippen LogP) is 1.65. The van der Waals surface area contributed by atoms with Gasteiger partial charge in [-0.2, -0.15) is 0 Å². The molecule has 1 N–H and O–H groups in total. The number of fused-ring (bicyclic) bond motifs is 4. The molecule has 0 atom stereocenters. The van der Waals surface area contributed by atoms with E-state index in [4.69, 9.17) is 4.74 Å². The summed E-state index contributed by atoms with van der Waals surface area (Å²) in [5.74, 6) is 0.299. The molecule has 8 heteroatoms. The van der Waals surface area contributed by atoms with Crippen molar-refractivity contribution in [1.82, 2.24) is 19.1 Å². The quantitative estimate of drug-likeness (QED) is 0.818. The van der Waals surface area contributed by atoms with Gasteiger partial charge in [-0.25, -0.2) is 9.78 Å². The maximum Gasteiger partial charge on any atom is 0.332 e. The standard InChI is InChI=1S/C18H24N4O4/c1-3-9-21-13-12(14(23)22(10-4-2)17(21)25)19-16(20-13)18-7-5-11(6-8-18)15(24)26-18/h11H,3-10H2,1-2H3,(H,19,20). The Labute approximate surface area is 150 Å². The first-order valence-electron chi connectivity index (χ1n) is 9.47. The van der Waals surface area contributed by atoms with Crippen molar-refractivity contribution in [3.8, 4) is 0 Å². The molecule has 0 radical (unpaired) electrons. The number of hydrogen-bond acceptors (Lipinski definition) is 5. The van der Waals surface area contributed by atoms with Crippen LogP contribution < -0.4 is 11.2 Å². The van der Waals surface area contributed by atoms with E-state index in [1.54, 1.807) is 4.57 Å². The Hall–Kier alpha value is -2.38. The fourth-order valence-electron chi connectivity index (χ4n) is 4.21. The average molecular weight is 360 g/mol. The van der Waals surface area contributed by atoms with Gasteiger partial charge in [0.05, 0.1) is 5.92 Å². The first-order valence-corrected chi connectivity index (χ1v) is 9.47. The van der Waals surface area contributed by atoms with E-state index in [9.17, 15) is 14.4 Å². The molecule has 26 heavy (non-hydrogen) atoms. The van der Waals surface area contributed by atoms with Gasteiger partial charge in [-0.05, 0) is 38.5 Å². The van der Waals surface area contributed by atoms with Gasteiger partial charge in [-0.15, -0.1) is 0 Å². The summed E-state index contributed by atoms with van der Waals surface area (Å²) in [5.41, 5.74) is -0.793. The molecule has 0 amide bonds. The second-order valence-electron chi connectivity index (χ2n) is 7.36. The molecule has 0 unspecified atom stereocenters. The fourth-order valence-corrected chi connectivity index (χ4v) is 4.21. The normalized spacial score (nSPS) is 25.0. The number of carbonyl (C=O) groups excluding carboxylic acids is 1. The van der Waals surface area contributed by atoms with Gasteiger partial charge in [-0.3, -0.25) is 18.7 Å². The summed E-state index contributed by atoms with van der Waals surface area (Å²) in [7, 11) is 0. The summed E-state index contributed by atoms with van der Waals surface area (Å²) in [4.78, 5) is 45.4. The molecule has 5 rings (SSSR count). The van der Waals surface area contributed by atoms with Gasteiger partial charge in [0.15, 0.2) is 17.1 Å². The average Bonchev–Trinajstić information content (AvgIpc) is 3.09. The topological polar surface area (TPSA) is 99.0 Å². The first-order chi connectivity index (χ1) is 12.5. The lowest BCUT2D eigenvalue weighted by molar-refractivity contribution is -0.191. The van der Waals surface area contributed by atoms with Gasteiger partial charge in [0.2, 0.25) is 0 Å². The molecule has 0 spiro atoms. The van der Waals surface area contributed by atoms with E-state index in [1.165, 1.54) is 4.57 Å². The highest BCUT2D eigenvalue weighted by molar-refractivity contribution is 5.75. The van der Waals surface area contributed by atoms with E-state index in [1.807, 2.05) is 13.8 Å². The Morgan fingerprint density at radius 3 is 2.38 bits per heavy atom. The van der Waals surface area contributed by atoms with Crippen LogP contribution in [0.4, 0.5) is 0 Å². The Morgan fingerprint density at radius 2 is 1.77 bits per heavy atom. The summed E-state index contributed by atoms with van der Waals surface area (Å²) in [5, 5.41) is 0. The van der Waals surface area contributed by atoms with E-state index < -0.39 is 5.60 Å². The number of carbonyl (C=O) groups is 1. The smallest absolute Gasteiger partial charge is 0.332 e. The van der Waals surface area contributed by atoms with E-state index in [2.05, 4.69) is 9.97 Å². The van der Waals surface area contributed by atoms with Crippen molar-refractivity contribution >= 4 is 17.1 Å². The fraction of sp³-hybridized carbons (Fsp3) is 0.667. The number of aryl methyl sites for hydroxylation is 1. The molecular weight excluding hydrogens is 336 g/mol. The maximum absolute atomic E-state index is 12.8. The number of imidazole rings is 1. The van der Waals surface area contributed by atoms with Gasteiger partial charge in [0, 0.05) is 13.1 Å². The number of hydrogen-bond donors (Lipinski definition) is 1. The number of ether oxygens (including phenoxy) is 1. The Kier molecular flexibility index (Phi) is 4.00. The molecule has 2 aromatic rings. The van der Waals surface area contributed by atoms with Crippen molar-refractivity contribution in [2.24, 2.45) is 5.92 Å². The molecule has 2 aromatic heterocycles. The van der Waals surface area contributed by atoms with Gasteiger partial charge in [-0.1, -0.05) is 13.8 Å². The molecule has 2 bridgehead atoms. The molecule has 2 aliphatic heterocycles. The molecule has 3 fully saturated rings. The summed E-state index contributed by atoms with van der Waals surface area (Å²) in [6, 6.07) is 0. The van der Waals surface area contributed by atoms with Crippen LogP contribution in [-0.4, -0.2) is 25.1 Å². The van der Waals surface area contributed by atoms with Crippen molar-refractivity contribution in [3.05, 3.63) is 26.7 Å². The third-order valence-electron chi connectivity index (χ3n) is 5.61. The van der Waals surface area contributed by atoms with Crippen LogP contribution in [0.25, 0.3) is 11.2 Å². The number of esters is 1. The van der Waals surface area contributed by atoms with Crippen LogP contribution in [0.5, 0.6) is 0 Å². The lowest BCUT2D eigenvalue weighted by Crippen LogP contribution is -2.46. The lowest BCUT2D eigenvalue weighted by Gasteiger charge is -2.43. The number of nitrogens with zero attached hydrogens (tertiary/aromatic N) is 3. The minimum atomic E-state index is -0.792. The minimum absolute atomic E-state index is 0.0127. The first kappa shape index (κ1) is 17.1. The van der Waals surface area contributed by atoms with E-state index in [-0.39, 0.29) is 23.1 Å². The molecule has 1 aliphatic carbocycles. The van der Waals surface area contributed by atoms with Crippen LogP contribution in [-0.2, 0) is 28.2 Å². The van der Waals surface area contributed by atoms with Crippen molar-refractivity contribution in [1.29, 1.82) is 0 Å². The van der Waals surface area contributed by atoms with Gasteiger partial charge in [0.25, 0.3) is 5.56 Å². The summed E-state index contributed by atoms with van der Waals surface area (Å²) >= 11 is 0. The number of rotatable bonds is 5. The second kappa shape index (κ2) is 6.10. The van der Waals surface area contributed by atoms with Crippen LogP contribution in [0, 0.1) is 5.92 Å². The maximum atomic E-state index is 12.8. The molecule has 8 nitrogen and oxygen atoms in total. The summed E-state index contributed by atoms with van der Waals surface area (Å²) in [6.07, 6.45) is 4.39. The van der Waals surface area contributed by atoms with Crippen LogP contribution in [0.15, 0.2) is 9.59 Å². The number of nitrogens with one attached hydrogen (secondary N) is 1. The largest absolute Gasteiger partial charge is 0.451 e. The SMILES string of the molecule is CCCn1c(=O)c2[nH]c(C34CCC(CC3)C(=O)O4)nc2n(CCC)c1=O. The van der Waals surface area contributed by atoms with Crippen molar-refractivity contribution in [2.45, 2.75) is 71.1 Å². The minimum Gasteiger partial charge on any atom is -0.451 e. The number of aromatic nitrogens is 4. The molecular formula is C18H24N4O4. The number of H-pyrrole nitrogens is 1. The van der Waals surface area contributed by atoms with Crippen molar-refractivity contribution in [3.63, 3.8) is 0 Å². The Balaban J connectivity index is 1.93. The van der Waals surface area contributed by atoms with E-state index in [0.717, 1.165) is 19.3 Å².